The first-order chi connectivity index (χ1) is 14.6. The Balaban J connectivity index is 1.52. The fraction of sp³-hybridized carbons (Fsp3) is 0.720. The van der Waals surface area contributed by atoms with Crippen molar-refractivity contribution in [1.29, 1.82) is 0 Å². The van der Waals surface area contributed by atoms with Crippen molar-refractivity contribution >= 4 is 5.91 Å². The first kappa shape index (κ1) is 23.2. The number of carbonyl (C=O) groups excluding carboxylic acids is 1. The molecule has 2 heterocycles. The third-order valence-corrected chi connectivity index (χ3v) is 6.89. The van der Waals surface area contributed by atoms with E-state index in [1.54, 1.807) is 0 Å². The lowest BCUT2D eigenvalue weighted by Crippen LogP contribution is -2.47. The van der Waals surface area contributed by atoms with Crippen molar-refractivity contribution in [2.75, 3.05) is 52.4 Å². The molecule has 0 spiro atoms. The van der Waals surface area contributed by atoms with Crippen LogP contribution in [-0.4, -0.2) is 79.1 Å². The van der Waals surface area contributed by atoms with E-state index >= 15 is 0 Å². The van der Waals surface area contributed by atoms with Gasteiger partial charge in [0.15, 0.2) is 0 Å². The summed E-state index contributed by atoms with van der Waals surface area (Å²) in [5.74, 6) is 0.872. The Morgan fingerprint density at radius 1 is 1.10 bits per heavy atom. The average molecular weight is 416 g/mol. The van der Waals surface area contributed by atoms with Crippen LogP contribution < -0.4 is 0 Å². The SMILES string of the molecule is CCN(CC)CC(=O)N(CC1CCN(Cc2ccccc2C)CC1)C[C@@H]1CCCO1. The molecule has 5 nitrogen and oxygen atoms in total. The van der Waals surface area contributed by atoms with Crippen molar-refractivity contribution < 1.29 is 9.53 Å². The second kappa shape index (κ2) is 11.8. The predicted molar refractivity (Wildman–Crippen MR) is 123 cm³/mol. The smallest absolute Gasteiger partial charge is 0.236 e. The highest BCUT2D eigenvalue weighted by Gasteiger charge is 2.27. The number of nitrogens with zero attached hydrogens (tertiary/aromatic N) is 3. The van der Waals surface area contributed by atoms with E-state index in [1.165, 1.54) is 24.0 Å². The van der Waals surface area contributed by atoms with Crippen LogP contribution in [0.1, 0.15) is 50.7 Å². The molecule has 2 aliphatic heterocycles. The third-order valence-electron chi connectivity index (χ3n) is 6.89. The molecule has 3 rings (SSSR count). The van der Waals surface area contributed by atoms with Gasteiger partial charge in [0.05, 0.1) is 12.6 Å². The van der Waals surface area contributed by atoms with E-state index in [-0.39, 0.29) is 12.0 Å². The first-order valence-corrected chi connectivity index (χ1v) is 12.0. The number of hydrogen-bond acceptors (Lipinski definition) is 4. The van der Waals surface area contributed by atoms with Crippen molar-refractivity contribution in [3.8, 4) is 0 Å². The number of ether oxygens (including phenoxy) is 1. The minimum atomic E-state index is 0.229. The van der Waals surface area contributed by atoms with Gasteiger partial charge in [-0.05, 0) is 75.8 Å². The monoisotopic (exact) mass is 415 g/mol. The molecule has 1 aromatic carbocycles. The van der Waals surface area contributed by atoms with Gasteiger partial charge in [0.2, 0.25) is 5.91 Å². The molecule has 0 N–H and O–H groups in total. The zero-order valence-corrected chi connectivity index (χ0v) is 19.3. The summed E-state index contributed by atoms with van der Waals surface area (Å²) >= 11 is 0. The van der Waals surface area contributed by atoms with E-state index in [0.29, 0.717) is 12.5 Å². The summed E-state index contributed by atoms with van der Waals surface area (Å²) in [4.78, 5) is 20.0. The molecule has 1 aromatic rings. The van der Waals surface area contributed by atoms with E-state index in [4.69, 9.17) is 4.74 Å². The van der Waals surface area contributed by atoms with Gasteiger partial charge in [-0.1, -0.05) is 38.1 Å². The second-order valence-corrected chi connectivity index (χ2v) is 9.04. The van der Waals surface area contributed by atoms with Crippen LogP contribution in [0.5, 0.6) is 0 Å². The number of carbonyl (C=O) groups is 1. The maximum absolute atomic E-state index is 13.1. The maximum Gasteiger partial charge on any atom is 0.236 e. The van der Waals surface area contributed by atoms with E-state index < -0.39 is 0 Å². The van der Waals surface area contributed by atoms with E-state index in [2.05, 4.69) is 59.7 Å². The standard InChI is InChI=1S/C25H41N3O2/c1-4-26(5-2)20-25(29)28(19-24-11-8-16-30-24)17-22-12-14-27(15-13-22)18-23-10-7-6-9-21(23)3/h6-7,9-10,22,24H,4-5,8,11-20H2,1-3H3/t24-/m0/s1. The Labute approximate surface area is 183 Å². The number of aryl methyl sites for hydroxylation is 1. The molecule has 1 amide bonds. The molecule has 0 saturated carbocycles. The Hall–Kier alpha value is -1.43. The van der Waals surface area contributed by atoms with Gasteiger partial charge in [-0.25, -0.2) is 0 Å². The van der Waals surface area contributed by atoms with Gasteiger partial charge in [0.1, 0.15) is 0 Å². The summed E-state index contributed by atoms with van der Waals surface area (Å²) in [5.41, 5.74) is 2.81. The fourth-order valence-corrected chi connectivity index (χ4v) is 4.72. The van der Waals surface area contributed by atoms with Crippen LogP contribution in [-0.2, 0) is 16.1 Å². The summed E-state index contributed by atoms with van der Waals surface area (Å²) < 4.78 is 5.86. The van der Waals surface area contributed by atoms with Crippen LogP contribution >= 0.6 is 0 Å². The van der Waals surface area contributed by atoms with Gasteiger partial charge >= 0.3 is 0 Å². The highest BCUT2D eigenvalue weighted by molar-refractivity contribution is 5.78. The zero-order valence-electron chi connectivity index (χ0n) is 19.3. The second-order valence-electron chi connectivity index (χ2n) is 9.04. The molecule has 168 valence electrons. The Morgan fingerprint density at radius 2 is 1.83 bits per heavy atom. The number of rotatable bonds is 10. The Bertz CT molecular complexity index is 648. The van der Waals surface area contributed by atoms with E-state index in [0.717, 1.165) is 65.3 Å². The molecular formula is C25H41N3O2. The molecule has 30 heavy (non-hydrogen) atoms. The molecule has 5 heteroatoms. The summed E-state index contributed by atoms with van der Waals surface area (Å²) in [6.45, 7) is 14.6. The van der Waals surface area contributed by atoms with E-state index in [9.17, 15) is 4.79 Å². The molecule has 0 aliphatic carbocycles. The van der Waals surface area contributed by atoms with Crippen molar-refractivity contribution in [3.63, 3.8) is 0 Å². The van der Waals surface area contributed by atoms with Gasteiger partial charge in [0, 0.05) is 26.2 Å². The molecule has 0 aromatic heterocycles. The molecule has 0 radical (unpaired) electrons. The summed E-state index contributed by atoms with van der Waals surface area (Å²) in [6, 6.07) is 8.70. The third kappa shape index (κ3) is 6.79. The minimum absolute atomic E-state index is 0.229. The number of likely N-dealkylation sites (N-methyl/N-ethyl adjacent to an activating group) is 1. The van der Waals surface area contributed by atoms with Gasteiger partial charge in [0.25, 0.3) is 0 Å². The van der Waals surface area contributed by atoms with Crippen LogP contribution in [0, 0.1) is 12.8 Å². The largest absolute Gasteiger partial charge is 0.376 e. The lowest BCUT2D eigenvalue weighted by atomic mass is 9.95. The van der Waals surface area contributed by atoms with Gasteiger partial charge < -0.3 is 9.64 Å². The van der Waals surface area contributed by atoms with Gasteiger partial charge in [-0.2, -0.15) is 0 Å². The predicted octanol–water partition coefficient (Wildman–Crippen LogP) is 3.56. The molecule has 1 atom stereocenters. The molecule has 0 bridgehead atoms. The fourth-order valence-electron chi connectivity index (χ4n) is 4.72. The number of benzene rings is 1. The van der Waals surface area contributed by atoms with Gasteiger partial charge in [-0.3, -0.25) is 14.6 Å². The number of piperidine rings is 1. The summed E-state index contributed by atoms with van der Waals surface area (Å²) in [6.07, 6.45) is 4.79. The summed E-state index contributed by atoms with van der Waals surface area (Å²) in [5, 5.41) is 0. The summed E-state index contributed by atoms with van der Waals surface area (Å²) in [7, 11) is 0. The topological polar surface area (TPSA) is 36.0 Å². The molecule has 2 saturated heterocycles. The van der Waals surface area contributed by atoms with Crippen molar-refractivity contribution in [2.45, 2.75) is 59.1 Å². The Morgan fingerprint density at radius 3 is 2.47 bits per heavy atom. The van der Waals surface area contributed by atoms with Crippen molar-refractivity contribution in [3.05, 3.63) is 35.4 Å². The average Bonchev–Trinajstić information content (AvgIpc) is 3.27. The number of likely N-dealkylation sites (tertiary alicyclic amines) is 1. The van der Waals surface area contributed by atoms with Crippen LogP contribution in [0.2, 0.25) is 0 Å². The normalized spacial score (nSPS) is 20.7. The lowest BCUT2D eigenvalue weighted by Gasteiger charge is -2.36. The van der Waals surface area contributed by atoms with Crippen molar-refractivity contribution in [2.24, 2.45) is 5.92 Å². The van der Waals surface area contributed by atoms with Crippen LogP contribution in [0.25, 0.3) is 0 Å². The minimum Gasteiger partial charge on any atom is -0.376 e. The zero-order chi connectivity index (χ0) is 21.3. The van der Waals surface area contributed by atoms with Crippen molar-refractivity contribution in [1.82, 2.24) is 14.7 Å². The van der Waals surface area contributed by atoms with E-state index in [1.807, 2.05) is 0 Å². The molecule has 0 unspecified atom stereocenters. The number of amides is 1. The van der Waals surface area contributed by atoms with Crippen LogP contribution in [0.3, 0.4) is 0 Å². The first-order valence-electron chi connectivity index (χ1n) is 12.0. The molecule has 2 aliphatic rings. The highest BCUT2D eigenvalue weighted by atomic mass is 16.5. The quantitative estimate of drug-likeness (QED) is 0.585. The maximum atomic E-state index is 13.1. The van der Waals surface area contributed by atoms with Crippen LogP contribution in [0.15, 0.2) is 24.3 Å². The molecular weight excluding hydrogens is 374 g/mol. The highest BCUT2D eigenvalue weighted by Crippen LogP contribution is 2.22. The molecule has 2 fully saturated rings. The number of hydrogen-bond donors (Lipinski definition) is 0. The van der Waals surface area contributed by atoms with Gasteiger partial charge in [-0.15, -0.1) is 0 Å². The van der Waals surface area contributed by atoms with Crippen LogP contribution in [0.4, 0.5) is 0 Å². The Kier molecular flexibility index (Phi) is 9.16. The lowest BCUT2D eigenvalue weighted by molar-refractivity contribution is -0.135.